The summed E-state index contributed by atoms with van der Waals surface area (Å²) in [5.74, 6) is 0.429. The molecule has 0 aromatic heterocycles. The lowest BCUT2D eigenvalue weighted by molar-refractivity contribution is 0.229. The summed E-state index contributed by atoms with van der Waals surface area (Å²) in [6.07, 6.45) is 1.13. The van der Waals surface area contributed by atoms with Crippen LogP contribution in [0, 0.1) is 10.8 Å². The molecule has 75 heavy (non-hydrogen) atoms. The molecule has 0 saturated heterocycles. The van der Waals surface area contributed by atoms with Crippen LogP contribution in [0.5, 0.6) is 0 Å². The monoisotopic (exact) mass is 968 g/mol. The van der Waals surface area contributed by atoms with Gasteiger partial charge in [0.2, 0.25) is 0 Å². The van der Waals surface area contributed by atoms with E-state index in [0.717, 1.165) is 23.5 Å². The summed E-state index contributed by atoms with van der Waals surface area (Å²) in [6.45, 7) is 19.1. The number of anilines is 3. The number of benzene rings is 10. The van der Waals surface area contributed by atoms with Gasteiger partial charge < -0.3 is 4.90 Å². The summed E-state index contributed by atoms with van der Waals surface area (Å²) in [4.78, 5) is 2.45. The second-order valence-electron chi connectivity index (χ2n) is 24.4. The Morgan fingerprint density at radius 2 is 0.760 bits per heavy atom. The molecule has 0 fully saturated rings. The zero-order chi connectivity index (χ0) is 51.4. The standard InChI is InChI=1S/C74H65N/c1-71(2,3)47-70(72(4,5)6)54-24-18-22-50(42-54)52-34-39-62-59-27-13-16-30-65(59)74(68(62)44-52)66-31-17-14-28-60(66)63-40-35-53(45-69(63)74)51-23-19-25-56(43-51)75(55-36-32-49(33-37-55)48-20-10-9-11-21-48)57-38-41-61-58-26-12-15-29-64(58)73(7,8)67(61)46-57/h9-46,70H,47H2,1-8H3. The molecule has 3 aliphatic carbocycles. The second kappa shape index (κ2) is 17.3. The van der Waals surface area contributed by atoms with E-state index in [4.69, 9.17) is 0 Å². The van der Waals surface area contributed by atoms with Crippen molar-refractivity contribution in [2.45, 2.75) is 78.6 Å². The van der Waals surface area contributed by atoms with Gasteiger partial charge in [0.15, 0.2) is 0 Å². The molecule has 2 unspecified atom stereocenters. The molecule has 0 heterocycles. The summed E-state index contributed by atoms with van der Waals surface area (Å²) in [7, 11) is 0. The fourth-order valence-corrected chi connectivity index (χ4v) is 13.5. The predicted octanol–water partition coefficient (Wildman–Crippen LogP) is 20.4. The number of fused-ring (bicyclic) bond motifs is 13. The minimum atomic E-state index is -0.499. The zero-order valence-corrected chi connectivity index (χ0v) is 44.7. The average molecular weight is 968 g/mol. The molecule has 366 valence electrons. The van der Waals surface area contributed by atoms with E-state index < -0.39 is 5.41 Å². The molecule has 0 amide bonds. The van der Waals surface area contributed by atoms with E-state index in [1.54, 1.807) is 0 Å². The Morgan fingerprint density at radius 3 is 1.36 bits per heavy atom. The van der Waals surface area contributed by atoms with Crippen LogP contribution in [0.2, 0.25) is 0 Å². The van der Waals surface area contributed by atoms with Gasteiger partial charge in [-0.2, -0.15) is 0 Å². The number of nitrogens with zero attached hydrogens (tertiary/aromatic N) is 1. The lowest BCUT2D eigenvalue weighted by Crippen LogP contribution is -2.26. The lowest BCUT2D eigenvalue weighted by atomic mass is 9.68. The Hall–Kier alpha value is -8.00. The largest absolute Gasteiger partial charge is 0.310 e. The van der Waals surface area contributed by atoms with Crippen LogP contribution in [0.1, 0.15) is 107 Å². The summed E-state index contributed by atoms with van der Waals surface area (Å²) in [5, 5.41) is 0. The van der Waals surface area contributed by atoms with Crippen LogP contribution in [0.4, 0.5) is 17.1 Å². The maximum absolute atomic E-state index is 2.54. The van der Waals surface area contributed by atoms with Gasteiger partial charge in [0.05, 0.1) is 5.41 Å². The van der Waals surface area contributed by atoms with E-state index in [2.05, 4.69) is 291 Å². The predicted molar refractivity (Wildman–Crippen MR) is 318 cm³/mol. The fourth-order valence-electron chi connectivity index (χ4n) is 13.5. The third-order valence-corrected chi connectivity index (χ3v) is 17.1. The van der Waals surface area contributed by atoms with E-state index in [1.165, 1.54) is 106 Å². The first-order valence-electron chi connectivity index (χ1n) is 27.1. The number of hydrogen-bond acceptors (Lipinski definition) is 1. The van der Waals surface area contributed by atoms with E-state index in [9.17, 15) is 0 Å². The smallest absolute Gasteiger partial charge is 0.0725 e. The molecule has 1 spiro atoms. The molecular formula is C74H65N. The molecule has 0 N–H and O–H groups in total. The molecule has 10 aromatic carbocycles. The van der Waals surface area contributed by atoms with E-state index >= 15 is 0 Å². The minimum Gasteiger partial charge on any atom is -0.310 e. The van der Waals surface area contributed by atoms with Gasteiger partial charge in [-0.05, 0) is 177 Å². The molecule has 2 atom stereocenters. The highest BCUT2D eigenvalue weighted by Gasteiger charge is 2.52. The van der Waals surface area contributed by atoms with Gasteiger partial charge in [-0.1, -0.05) is 237 Å². The Bertz CT molecular complexity index is 3840. The van der Waals surface area contributed by atoms with Crippen molar-refractivity contribution in [2.75, 3.05) is 4.90 Å². The highest BCUT2D eigenvalue weighted by atomic mass is 15.1. The molecule has 13 rings (SSSR count). The van der Waals surface area contributed by atoms with Crippen molar-refractivity contribution in [3.05, 3.63) is 269 Å². The van der Waals surface area contributed by atoms with Gasteiger partial charge >= 0.3 is 0 Å². The zero-order valence-electron chi connectivity index (χ0n) is 44.7. The quantitative estimate of drug-likeness (QED) is 0.147. The first-order chi connectivity index (χ1) is 36.2. The van der Waals surface area contributed by atoms with Crippen molar-refractivity contribution < 1.29 is 0 Å². The SMILES string of the molecule is CC(C)(C)CC(c1cccc(-c2ccc3c(c2)C2(c4ccccc4-3)c3ccccc3-c3ccc(-c4cccc(N(c5ccc(-c6ccccc6)cc5)c5ccc6c(c5)C(C)(C)c5ccccc5-6)c4)cc32)c1)C(C)(C)C. The maximum Gasteiger partial charge on any atom is 0.0725 e. The molecule has 0 bridgehead atoms. The van der Waals surface area contributed by atoms with Crippen LogP contribution in [0.25, 0.3) is 66.8 Å². The first-order valence-corrected chi connectivity index (χ1v) is 27.1. The molecular weight excluding hydrogens is 903 g/mol. The lowest BCUT2D eigenvalue weighted by Gasteiger charge is -2.36. The van der Waals surface area contributed by atoms with Crippen LogP contribution < -0.4 is 4.90 Å². The van der Waals surface area contributed by atoms with Crippen molar-refractivity contribution >= 4 is 17.1 Å². The molecule has 0 aliphatic heterocycles. The van der Waals surface area contributed by atoms with Gasteiger partial charge in [0, 0.05) is 22.5 Å². The van der Waals surface area contributed by atoms with Crippen LogP contribution in [0.15, 0.2) is 231 Å². The second-order valence-corrected chi connectivity index (χ2v) is 24.4. The summed E-state index contributed by atoms with van der Waals surface area (Å²) >= 11 is 0. The van der Waals surface area contributed by atoms with Crippen LogP contribution in [0.3, 0.4) is 0 Å². The van der Waals surface area contributed by atoms with Gasteiger partial charge in [0.1, 0.15) is 0 Å². The van der Waals surface area contributed by atoms with Gasteiger partial charge in [0.25, 0.3) is 0 Å². The molecule has 1 heteroatoms. The molecule has 0 saturated carbocycles. The first kappa shape index (κ1) is 46.8. The maximum atomic E-state index is 2.54. The van der Waals surface area contributed by atoms with Crippen molar-refractivity contribution in [3.63, 3.8) is 0 Å². The highest BCUT2D eigenvalue weighted by molar-refractivity contribution is 5.97. The summed E-state index contributed by atoms with van der Waals surface area (Å²) < 4.78 is 0. The van der Waals surface area contributed by atoms with Crippen molar-refractivity contribution in [1.29, 1.82) is 0 Å². The topological polar surface area (TPSA) is 3.24 Å². The summed E-state index contributed by atoms with van der Waals surface area (Å²) in [5.41, 5.74) is 27.9. The fraction of sp³-hybridized carbons (Fsp3) is 0.189. The van der Waals surface area contributed by atoms with Gasteiger partial charge in [-0.3, -0.25) is 0 Å². The third kappa shape index (κ3) is 7.57. The molecule has 0 radical (unpaired) electrons. The van der Waals surface area contributed by atoms with E-state index in [-0.39, 0.29) is 16.2 Å². The molecule has 10 aromatic rings. The highest BCUT2D eigenvalue weighted by Crippen LogP contribution is 2.64. The van der Waals surface area contributed by atoms with Crippen molar-refractivity contribution in [3.8, 4) is 66.8 Å². The Labute approximate surface area is 445 Å². The molecule has 3 aliphatic rings. The van der Waals surface area contributed by atoms with Gasteiger partial charge in [-0.25, -0.2) is 0 Å². The third-order valence-electron chi connectivity index (χ3n) is 17.1. The Balaban J connectivity index is 0.957. The van der Waals surface area contributed by atoms with Crippen LogP contribution >= 0.6 is 0 Å². The number of rotatable bonds is 8. The minimum absolute atomic E-state index is 0.127. The average Bonchev–Trinajstić information content (AvgIpc) is 4.21. The van der Waals surface area contributed by atoms with E-state index in [0.29, 0.717) is 5.92 Å². The van der Waals surface area contributed by atoms with Crippen LogP contribution in [-0.2, 0) is 10.8 Å². The van der Waals surface area contributed by atoms with Gasteiger partial charge in [-0.15, -0.1) is 0 Å². The van der Waals surface area contributed by atoms with Crippen molar-refractivity contribution in [1.82, 2.24) is 0 Å². The van der Waals surface area contributed by atoms with E-state index in [1.807, 2.05) is 0 Å². The summed E-state index contributed by atoms with van der Waals surface area (Å²) in [6, 6.07) is 87.5. The molecule has 1 nitrogen and oxygen atoms in total. The Morgan fingerprint density at radius 1 is 0.333 bits per heavy atom. The van der Waals surface area contributed by atoms with Crippen molar-refractivity contribution in [2.24, 2.45) is 10.8 Å². The normalized spacial score (nSPS) is 15.9. The Kier molecular flexibility index (Phi) is 10.8. The number of hydrogen-bond donors (Lipinski definition) is 0. The van der Waals surface area contributed by atoms with Crippen LogP contribution in [-0.4, -0.2) is 0 Å².